The molecule has 4 rings (SSSR count). The van der Waals surface area contributed by atoms with Crippen LogP contribution in [-0.4, -0.2) is 23.5 Å². The van der Waals surface area contributed by atoms with Gasteiger partial charge in [-0.3, -0.25) is 24.5 Å². The van der Waals surface area contributed by atoms with Crippen molar-refractivity contribution in [3.05, 3.63) is 101 Å². The smallest absolute Gasteiger partial charge is 0.261 e. The summed E-state index contributed by atoms with van der Waals surface area (Å²) in [5.41, 5.74) is 1.99. The van der Waals surface area contributed by atoms with Gasteiger partial charge in [-0.05, 0) is 24.3 Å². The largest absolute Gasteiger partial charge is 0.321 e. The Morgan fingerprint density at radius 1 is 0.679 bits per heavy atom. The van der Waals surface area contributed by atoms with Gasteiger partial charge in [-0.25, -0.2) is 0 Å². The lowest BCUT2D eigenvalue weighted by Gasteiger charge is -2.09. The van der Waals surface area contributed by atoms with Gasteiger partial charge in [0.2, 0.25) is 0 Å². The van der Waals surface area contributed by atoms with Crippen molar-refractivity contribution < 1.29 is 19.2 Å². The van der Waals surface area contributed by atoms with Gasteiger partial charge in [0.1, 0.15) is 0 Å². The molecule has 6 nitrogen and oxygen atoms in total. The van der Waals surface area contributed by atoms with Crippen LogP contribution >= 0.6 is 0 Å². The number of benzene rings is 3. The van der Waals surface area contributed by atoms with E-state index in [1.54, 1.807) is 60.7 Å². The van der Waals surface area contributed by atoms with Crippen molar-refractivity contribution in [3.8, 4) is 0 Å². The number of fused-ring (bicyclic) bond motifs is 1. The normalized spacial score (nSPS) is 12.3. The molecule has 0 radical (unpaired) electrons. The third-order valence-electron chi connectivity index (χ3n) is 4.46. The van der Waals surface area contributed by atoms with Gasteiger partial charge < -0.3 is 5.32 Å². The van der Waals surface area contributed by atoms with Crippen LogP contribution in [0, 0.1) is 0 Å². The zero-order chi connectivity index (χ0) is 19.7. The first-order chi connectivity index (χ1) is 13.5. The fourth-order valence-electron chi connectivity index (χ4n) is 3.05. The number of amides is 3. The van der Waals surface area contributed by atoms with Crippen LogP contribution in [0.2, 0.25) is 0 Å². The molecule has 0 atom stereocenters. The predicted molar refractivity (Wildman–Crippen MR) is 103 cm³/mol. The highest BCUT2D eigenvalue weighted by molar-refractivity contribution is 6.25. The second-order valence-electron chi connectivity index (χ2n) is 6.24. The molecule has 6 heteroatoms. The molecule has 1 aliphatic rings. The highest BCUT2D eigenvalue weighted by atomic mass is 16.2. The number of anilines is 1. The Bertz CT molecular complexity index is 1120. The lowest BCUT2D eigenvalue weighted by atomic mass is 10.0. The number of nitrogens with one attached hydrogen (secondary N) is 2. The Morgan fingerprint density at radius 3 is 2.04 bits per heavy atom. The number of carbonyl (C=O) groups excluding carboxylic acids is 4. The van der Waals surface area contributed by atoms with E-state index in [4.69, 9.17) is 0 Å². The monoisotopic (exact) mass is 370 g/mol. The van der Waals surface area contributed by atoms with Crippen molar-refractivity contribution in [2.75, 3.05) is 5.32 Å². The summed E-state index contributed by atoms with van der Waals surface area (Å²) < 4.78 is 0. The number of carbonyl (C=O) groups is 4. The maximum absolute atomic E-state index is 12.5. The molecule has 0 saturated carbocycles. The maximum atomic E-state index is 12.5. The van der Waals surface area contributed by atoms with Gasteiger partial charge in [-0.15, -0.1) is 0 Å². The zero-order valence-corrected chi connectivity index (χ0v) is 14.6. The third kappa shape index (κ3) is 3.07. The molecule has 3 aromatic carbocycles. The van der Waals surface area contributed by atoms with Crippen molar-refractivity contribution in [2.24, 2.45) is 0 Å². The average molecular weight is 370 g/mol. The third-order valence-corrected chi connectivity index (χ3v) is 4.46. The number of imide groups is 1. The molecule has 0 spiro atoms. The van der Waals surface area contributed by atoms with Gasteiger partial charge in [0.15, 0.2) is 5.78 Å². The molecule has 0 fully saturated rings. The van der Waals surface area contributed by atoms with Gasteiger partial charge in [0.05, 0.1) is 16.8 Å². The molecular weight excluding hydrogens is 356 g/mol. The highest BCUT2D eigenvalue weighted by Gasteiger charge is 2.29. The van der Waals surface area contributed by atoms with Gasteiger partial charge in [0.25, 0.3) is 17.7 Å². The van der Waals surface area contributed by atoms with Crippen LogP contribution in [0.15, 0.2) is 72.8 Å². The van der Waals surface area contributed by atoms with Crippen LogP contribution in [0.3, 0.4) is 0 Å². The van der Waals surface area contributed by atoms with E-state index in [1.165, 1.54) is 6.07 Å². The van der Waals surface area contributed by atoms with E-state index in [1.807, 2.05) is 6.07 Å². The predicted octanol–water partition coefficient (Wildman–Crippen LogP) is 3.05. The minimum Gasteiger partial charge on any atom is -0.321 e. The van der Waals surface area contributed by atoms with E-state index >= 15 is 0 Å². The molecule has 0 bridgehead atoms. The zero-order valence-electron chi connectivity index (χ0n) is 14.6. The summed E-state index contributed by atoms with van der Waals surface area (Å²) in [5.74, 6) is -1.61. The molecule has 2 N–H and O–H groups in total. The second kappa shape index (κ2) is 6.92. The maximum Gasteiger partial charge on any atom is 0.261 e. The molecule has 0 aliphatic carbocycles. The summed E-state index contributed by atoms with van der Waals surface area (Å²) in [5, 5.41) is 4.86. The molecule has 28 heavy (non-hydrogen) atoms. The van der Waals surface area contributed by atoms with E-state index in [0.29, 0.717) is 16.7 Å². The summed E-state index contributed by atoms with van der Waals surface area (Å²) in [6.07, 6.45) is 0. The number of hydrogen-bond donors (Lipinski definition) is 2. The summed E-state index contributed by atoms with van der Waals surface area (Å²) in [6.45, 7) is 0. The Hall–Kier alpha value is -4.06. The molecule has 0 saturated heterocycles. The summed E-state index contributed by atoms with van der Waals surface area (Å²) in [4.78, 5) is 48.7. The first kappa shape index (κ1) is 17.4. The van der Waals surface area contributed by atoms with Crippen molar-refractivity contribution >= 4 is 29.2 Å². The second-order valence-corrected chi connectivity index (χ2v) is 6.24. The number of hydrogen-bond acceptors (Lipinski definition) is 4. The van der Waals surface area contributed by atoms with Crippen molar-refractivity contribution in [1.82, 2.24) is 5.32 Å². The Balaban J connectivity index is 1.55. The van der Waals surface area contributed by atoms with Crippen molar-refractivity contribution in [3.63, 3.8) is 0 Å². The van der Waals surface area contributed by atoms with Gasteiger partial charge >= 0.3 is 0 Å². The van der Waals surface area contributed by atoms with Crippen LogP contribution < -0.4 is 10.6 Å². The van der Waals surface area contributed by atoms with Gasteiger partial charge in [-0.2, -0.15) is 0 Å². The van der Waals surface area contributed by atoms with E-state index < -0.39 is 17.7 Å². The van der Waals surface area contributed by atoms with Gasteiger partial charge in [-0.1, -0.05) is 48.5 Å². The van der Waals surface area contributed by atoms with Crippen LogP contribution in [0.4, 0.5) is 5.69 Å². The number of rotatable bonds is 4. The van der Waals surface area contributed by atoms with E-state index in [9.17, 15) is 19.2 Å². The molecule has 136 valence electrons. The minimum atomic E-state index is -0.542. The quantitative estimate of drug-likeness (QED) is 0.545. The van der Waals surface area contributed by atoms with Gasteiger partial charge in [0, 0.05) is 16.7 Å². The van der Waals surface area contributed by atoms with Crippen LogP contribution in [0.1, 0.15) is 47.0 Å². The lowest BCUT2D eigenvalue weighted by Crippen LogP contribution is -2.21. The topological polar surface area (TPSA) is 92.3 Å². The van der Waals surface area contributed by atoms with Crippen molar-refractivity contribution in [1.29, 1.82) is 0 Å². The first-order valence-corrected chi connectivity index (χ1v) is 8.54. The standard InChI is InChI=1S/C22H14N2O4/c25-19(13-5-2-1-3-6-13)14-9-11-15(12-10-14)20(26)23-17-8-4-7-16-18(17)22(28)24-21(16)27/h1-12H,(H,23,26)(H,24,27,28). The summed E-state index contributed by atoms with van der Waals surface area (Å²) in [7, 11) is 0. The fraction of sp³-hybridized carbons (Fsp3) is 0. The van der Waals surface area contributed by atoms with E-state index in [-0.39, 0.29) is 22.6 Å². The Morgan fingerprint density at radius 2 is 1.32 bits per heavy atom. The minimum absolute atomic E-state index is 0.136. The van der Waals surface area contributed by atoms with Crippen LogP contribution in [0.5, 0.6) is 0 Å². The molecule has 3 aromatic rings. The van der Waals surface area contributed by atoms with E-state index in [2.05, 4.69) is 10.6 Å². The lowest BCUT2D eigenvalue weighted by molar-refractivity contribution is 0.0879. The molecule has 1 aliphatic heterocycles. The molecule has 0 aromatic heterocycles. The molecular formula is C22H14N2O4. The Kier molecular flexibility index (Phi) is 4.29. The molecule has 3 amide bonds. The molecule has 1 heterocycles. The summed E-state index contributed by atoms with van der Waals surface area (Å²) in [6, 6.07) is 19.8. The fourth-order valence-corrected chi connectivity index (χ4v) is 3.05. The Labute approximate surface area is 160 Å². The van der Waals surface area contributed by atoms with Crippen LogP contribution in [-0.2, 0) is 0 Å². The van der Waals surface area contributed by atoms with Crippen LogP contribution in [0.25, 0.3) is 0 Å². The molecule has 0 unspecified atom stereocenters. The summed E-state index contributed by atoms with van der Waals surface area (Å²) >= 11 is 0. The first-order valence-electron chi connectivity index (χ1n) is 8.54. The highest BCUT2D eigenvalue weighted by Crippen LogP contribution is 2.25. The average Bonchev–Trinajstić information content (AvgIpc) is 3.03. The number of ketones is 1. The SMILES string of the molecule is O=C(Nc1cccc2c1C(=O)NC2=O)c1ccc(C(=O)c2ccccc2)cc1. The van der Waals surface area contributed by atoms with E-state index in [0.717, 1.165) is 0 Å². The van der Waals surface area contributed by atoms with Crippen molar-refractivity contribution in [2.45, 2.75) is 0 Å².